The van der Waals surface area contributed by atoms with Crippen molar-refractivity contribution in [2.45, 2.75) is 38.3 Å². The molecule has 1 saturated heterocycles. The van der Waals surface area contributed by atoms with Crippen molar-refractivity contribution in [3.8, 4) is 0 Å². The third-order valence-electron chi connectivity index (χ3n) is 3.26. The maximum absolute atomic E-state index is 11.8. The first-order valence-electron chi connectivity index (χ1n) is 5.77. The normalized spacial score (nSPS) is 20.7. The minimum Gasteiger partial charge on any atom is -0.341 e. The van der Waals surface area contributed by atoms with Crippen LogP contribution in [-0.4, -0.2) is 55.0 Å². The van der Waals surface area contributed by atoms with E-state index in [0.717, 1.165) is 32.4 Å². The zero-order chi connectivity index (χ0) is 11.4. The lowest BCUT2D eigenvalue weighted by atomic mass is 10.0. The van der Waals surface area contributed by atoms with E-state index < -0.39 is 0 Å². The van der Waals surface area contributed by atoms with Gasteiger partial charge in [-0.05, 0) is 33.4 Å². The van der Waals surface area contributed by atoms with E-state index >= 15 is 0 Å². The van der Waals surface area contributed by atoms with Gasteiger partial charge in [0.25, 0.3) is 0 Å². The van der Waals surface area contributed by atoms with Crippen molar-refractivity contribution in [3.05, 3.63) is 0 Å². The second kappa shape index (κ2) is 5.47. The molecule has 0 aromatic carbocycles. The summed E-state index contributed by atoms with van der Waals surface area (Å²) < 4.78 is 0. The summed E-state index contributed by atoms with van der Waals surface area (Å²) in [5.74, 6) is 0.120. The van der Waals surface area contributed by atoms with Gasteiger partial charge in [-0.2, -0.15) is 0 Å². The number of hydrogen-bond donors (Lipinski definition) is 1. The fourth-order valence-electron chi connectivity index (χ4n) is 2.01. The maximum Gasteiger partial charge on any atom is 0.239 e. The quantitative estimate of drug-likeness (QED) is 0.732. The van der Waals surface area contributed by atoms with Gasteiger partial charge in [-0.25, -0.2) is 0 Å². The molecule has 1 heterocycles. The van der Waals surface area contributed by atoms with E-state index in [-0.39, 0.29) is 11.9 Å². The molecule has 1 fully saturated rings. The Labute approximate surface area is 92.4 Å². The second-order valence-corrected chi connectivity index (χ2v) is 4.53. The fourth-order valence-corrected chi connectivity index (χ4v) is 2.01. The number of piperidine rings is 1. The summed E-state index contributed by atoms with van der Waals surface area (Å²) in [5.41, 5.74) is 5.74. The Morgan fingerprint density at radius 1 is 1.47 bits per heavy atom. The van der Waals surface area contributed by atoms with Gasteiger partial charge in [0.1, 0.15) is 0 Å². The summed E-state index contributed by atoms with van der Waals surface area (Å²) in [6.07, 6.45) is 2.86. The van der Waals surface area contributed by atoms with Gasteiger partial charge in [0, 0.05) is 19.1 Å². The summed E-state index contributed by atoms with van der Waals surface area (Å²) in [5, 5.41) is 0. The predicted molar refractivity (Wildman–Crippen MR) is 61.6 cm³/mol. The van der Waals surface area contributed by atoms with E-state index in [9.17, 15) is 4.79 Å². The molecule has 2 N–H and O–H groups in total. The molecule has 0 aromatic rings. The van der Waals surface area contributed by atoms with Crippen molar-refractivity contribution >= 4 is 5.91 Å². The molecule has 1 rings (SSSR count). The Morgan fingerprint density at radius 2 is 2.00 bits per heavy atom. The van der Waals surface area contributed by atoms with Gasteiger partial charge in [-0.3, -0.25) is 4.79 Å². The first-order chi connectivity index (χ1) is 7.06. The molecule has 4 heteroatoms. The van der Waals surface area contributed by atoms with Crippen molar-refractivity contribution < 1.29 is 4.79 Å². The molecule has 0 spiro atoms. The van der Waals surface area contributed by atoms with Crippen LogP contribution in [0.2, 0.25) is 0 Å². The van der Waals surface area contributed by atoms with E-state index in [2.05, 4.69) is 19.0 Å². The molecule has 4 nitrogen and oxygen atoms in total. The lowest BCUT2D eigenvalue weighted by Gasteiger charge is -2.36. The third-order valence-corrected chi connectivity index (χ3v) is 3.26. The van der Waals surface area contributed by atoms with E-state index in [1.807, 2.05) is 11.8 Å². The molecular formula is C11H23N3O. The van der Waals surface area contributed by atoms with Gasteiger partial charge in [-0.1, -0.05) is 6.92 Å². The Hall–Kier alpha value is -0.610. The molecule has 0 bridgehead atoms. The lowest BCUT2D eigenvalue weighted by Crippen LogP contribution is -2.49. The first kappa shape index (κ1) is 12.5. The molecule has 88 valence electrons. The predicted octanol–water partition coefficient (Wildman–Crippen LogP) is 0.276. The zero-order valence-corrected chi connectivity index (χ0v) is 10.1. The highest BCUT2D eigenvalue weighted by atomic mass is 16.2. The largest absolute Gasteiger partial charge is 0.341 e. The zero-order valence-electron chi connectivity index (χ0n) is 10.1. The molecule has 0 aromatic heterocycles. The number of nitrogens with two attached hydrogens (primary N) is 1. The van der Waals surface area contributed by atoms with Crippen LogP contribution in [0.4, 0.5) is 0 Å². The van der Waals surface area contributed by atoms with Crippen molar-refractivity contribution in [2.24, 2.45) is 5.73 Å². The molecule has 0 aliphatic carbocycles. The van der Waals surface area contributed by atoms with Crippen LogP contribution in [0.1, 0.15) is 26.2 Å². The van der Waals surface area contributed by atoms with Crippen LogP contribution in [0.25, 0.3) is 0 Å². The fraction of sp³-hybridized carbons (Fsp3) is 0.909. The molecule has 15 heavy (non-hydrogen) atoms. The molecule has 1 amide bonds. The van der Waals surface area contributed by atoms with E-state index in [1.165, 1.54) is 0 Å². The highest BCUT2D eigenvalue weighted by molar-refractivity contribution is 5.81. The molecule has 1 aliphatic heterocycles. The van der Waals surface area contributed by atoms with Crippen molar-refractivity contribution in [1.29, 1.82) is 0 Å². The Kier molecular flexibility index (Phi) is 4.54. The van der Waals surface area contributed by atoms with Crippen LogP contribution >= 0.6 is 0 Å². The minimum atomic E-state index is -0.305. The standard InChI is InChI=1S/C11H23N3O/c1-4-10(12)11(15)14-7-5-9(6-8-14)13(2)3/h9-10H,4-8,12H2,1-3H3/t10-/m1/s1. The van der Waals surface area contributed by atoms with Crippen LogP contribution in [0.5, 0.6) is 0 Å². The number of carbonyl (C=O) groups excluding carboxylic acids is 1. The van der Waals surface area contributed by atoms with Gasteiger partial charge in [0.05, 0.1) is 6.04 Å². The summed E-state index contributed by atoms with van der Waals surface area (Å²) >= 11 is 0. The van der Waals surface area contributed by atoms with Gasteiger partial charge in [0.15, 0.2) is 0 Å². The molecule has 0 radical (unpaired) electrons. The smallest absolute Gasteiger partial charge is 0.239 e. The first-order valence-corrected chi connectivity index (χ1v) is 5.77. The molecule has 1 atom stereocenters. The third kappa shape index (κ3) is 3.18. The summed E-state index contributed by atoms with van der Waals surface area (Å²) in [6.45, 7) is 3.67. The average molecular weight is 213 g/mol. The summed E-state index contributed by atoms with van der Waals surface area (Å²) in [4.78, 5) is 15.9. The number of amides is 1. The van der Waals surface area contributed by atoms with E-state index in [0.29, 0.717) is 6.04 Å². The molecule has 0 unspecified atom stereocenters. The lowest BCUT2D eigenvalue weighted by molar-refractivity contribution is -0.134. The maximum atomic E-state index is 11.8. The molecule has 0 saturated carbocycles. The highest BCUT2D eigenvalue weighted by Gasteiger charge is 2.25. The van der Waals surface area contributed by atoms with Crippen LogP contribution < -0.4 is 5.73 Å². The van der Waals surface area contributed by atoms with Crippen molar-refractivity contribution in [3.63, 3.8) is 0 Å². The van der Waals surface area contributed by atoms with Gasteiger partial charge >= 0.3 is 0 Å². The van der Waals surface area contributed by atoms with E-state index in [4.69, 9.17) is 5.73 Å². The molecule has 1 aliphatic rings. The summed E-state index contributed by atoms with van der Waals surface area (Å²) in [7, 11) is 4.19. The Balaban J connectivity index is 2.40. The number of likely N-dealkylation sites (tertiary alicyclic amines) is 1. The highest BCUT2D eigenvalue weighted by Crippen LogP contribution is 2.14. The number of hydrogen-bond acceptors (Lipinski definition) is 3. The van der Waals surface area contributed by atoms with Crippen molar-refractivity contribution in [2.75, 3.05) is 27.2 Å². The Morgan fingerprint density at radius 3 is 2.40 bits per heavy atom. The number of rotatable bonds is 3. The number of nitrogens with zero attached hydrogens (tertiary/aromatic N) is 2. The molecular weight excluding hydrogens is 190 g/mol. The topological polar surface area (TPSA) is 49.6 Å². The minimum absolute atomic E-state index is 0.120. The van der Waals surface area contributed by atoms with Gasteiger partial charge in [-0.15, -0.1) is 0 Å². The van der Waals surface area contributed by atoms with Crippen LogP contribution in [0.15, 0.2) is 0 Å². The SMILES string of the molecule is CC[C@@H](N)C(=O)N1CCC(N(C)C)CC1. The van der Waals surface area contributed by atoms with E-state index in [1.54, 1.807) is 0 Å². The summed E-state index contributed by atoms with van der Waals surface area (Å²) in [6, 6.07) is 0.313. The van der Waals surface area contributed by atoms with Crippen LogP contribution in [0.3, 0.4) is 0 Å². The Bertz CT molecular complexity index is 210. The second-order valence-electron chi connectivity index (χ2n) is 4.53. The van der Waals surface area contributed by atoms with Gasteiger partial charge in [0.2, 0.25) is 5.91 Å². The van der Waals surface area contributed by atoms with Crippen LogP contribution in [0, 0.1) is 0 Å². The number of carbonyl (C=O) groups is 1. The monoisotopic (exact) mass is 213 g/mol. The van der Waals surface area contributed by atoms with Crippen LogP contribution in [-0.2, 0) is 4.79 Å². The van der Waals surface area contributed by atoms with Crippen molar-refractivity contribution in [1.82, 2.24) is 9.80 Å². The van der Waals surface area contributed by atoms with Gasteiger partial charge < -0.3 is 15.5 Å². The average Bonchev–Trinajstić information content (AvgIpc) is 2.27.